The van der Waals surface area contributed by atoms with Gasteiger partial charge < -0.3 is 14.8 Å². The fourth-order valence-corrected chi connectivity index (χ4v) is 2.42. The molecular weight excluding hydrogens is 277 g/mol. The van der Waals surface area contributed by atoms with Gasteiger partial charge in [-0.25, -0.2) is 0 Å². The van der Waals surface area contributed by atoms with Crippen LogP contribution in [0.3, 0.4) is 0 Å². The molecule has 1 aromatic carbocycles. The smallest absolute Gasteiger partial charge is 0.307 e. The number of hydrogen-bond donors (Lipinski definition) is 2. The van der Waals surface area contributed by atoms with Crippen LogP contribution in [0.2, 0.25) is 10.0 Å². The Morgan fingerprint density at radius 3 is 2.67 bits per heavy atom. The van der Waals surface area contributed by atoms with Gasteiger partial charge >= 0.3 is 5.97 Å². The summed E-state index contributed by atoms with van der Waals surface area (Å²) in [5.41, 5.74) is 1.32. The number of carboxylic acid groups (broad SMARTS) is 1. The predicted molar refractivity (Wildman–Crippen MR) is 70.4 cm³/mol. The summed E-state index contributed by atoms with van der Waals surface area (Å²) in [6.45, 7) is 0.287. The Labute approximate surface area is 113 Å². The number of halogens is 2. The van der Waals surface area contributed by atoms with E-state index in [0.29, 0.717) is 27.7 Å². The highest BCUT2D eigenvalue weighted by atomic mass is 35.5. The summed E-state index contributed by atoms with van der Waals surface area (Å²) in [5.74, 6) is -0.913. The van der Waals surface area contributed by atoms with Crippen molar-refractivity contribution in [2.24, 2.45) is 0 Å². The van der Waals surface area contributed by atoms with Gasteiger partial charge in [0, 0.05) is 18.1 Å². The zero-order valence-corrected chi connectivity index (χ0v) is 10.9. The zero-order chi connectivity index (χ0) is 13.3. The zero-order valence-electron chi connectivity index (χ0n) is 9.36. The number of carboxylic acids is 1. The molecule has 0 amide bonds. The van der Waals surface area contributed by atoms with Crippen molar-refractivity contribution in [1.29, 1.82) is 0 Å². The topological polar surface area (TPSA) is 62.5 Å². The minimum absolute atomic E-state index is 0.0564. The van der Waals surface area contributed by atoms with E-state index in [1.165, 1.54) is 0 Å². The van der Waals surface area contributed by atoms with E-state index >= 15 is 0 Å². The van der Waals surface area contributed by atoms with Crippen molar-refractivity contribution in [2.45, 2.75) is 13.0 Å². The Balaban J connectivity index is 2.67. The van der Waals surface area contributed by atoms with Gasteiger partial charge in [0.05, 0.1) is 28.6 Å². The molecule has 18 heavy (non-hydrogen) atoms. The van der Waals surface area contributed by atoms with E-state index < -0.39 is 5.97 Å². The maximum atomic E-state index is 10.8. The number of nitrogens with zero attached hydrogens (tertiary/aromatic N) is 1. The fraction of sp³-hybridized carbons (Fsp3) is 0.250. The Bertz CT molecular complexity index is 607. The third kappa shape index (κ3) is 2.32. The quantitative estimate of drug-likeness (QED) is 0.909. The lowest BCUT2D eigenvalue weighted by Crippen LogP contribution is -2.01. The first kappa shape index (κ1) is 13.2. The van der Waals surface area contributed by atoms with Crippen LogP contribution in [0.15, 0.2) is 18.3 Å². The van der Waals surface area contributed by atoms with E-state index in [1.807, 2.05) is 0 Å². The number of carbonyl (C=O) groups is 1. The summed E-state index contributed by atoms with van der Waals surface area (Å²) >= 11 is 12.1. The van der Waals surface area contributed by atoms with Crippen molar-refractivity contribution in [3.63, 3.8) is 0 Å². The monoisotopic (exact) mass is 287 g/mol. The molecule has 96 valence electrons. The molecular formula is C12H11Cl2NO3. The van der Waals surface area contributed by atoms with Crippen LogP contribution >= 0.6 is 23.2 Å². The molecule has 2 N–H and O–H groups in total. The maximum Gasteiger partial charge on any atom is 0.307 e. The van der Waals surface area contributed by atoms with Gasteiger partial charge in [-0.2, -0.15) is 0 Å². The van der Waals surface area contributed by atoms with E-state index in [0.717, 1.165) is 5.39 Å². The second-order valence-corrected chi connectivity index (χ2v) is 4.68. The van der Waals surface area contributed by atoms with Gasteiger partial charge in [-0.15, -0.1) is 0 Å². The van der Waals surface area contributed by atoms with Crippen LogP contribution in [0.5, 0.6) is 0 Å². The lowest BCUT2D eigenvalue weighted by Gasteiger charge is -2.05. The molecule has 1 aromatic heterocycles. The second kappa shape index (κ2) is 5.18. The largest absolute Gasteiger partial charge is 0.481 e. The molecule has 2 aromatic rings. The van der Waals surface area contributed by atoms with Crippen LogP contribution in [0, 0.1) is 0 Å². The van der Waals surface area contributed by atoms with E-state index in [-0.39, 0.29) is 13.0 Å². The molecule has 0 aliphatic carbocycles. The fourth-order valence-electron chi connectivity index (χ4n) is 1.99. The molecule has 0 aliphatic heterocycles. The van der Waals surface area contributed by atoms with E-state index in [9.17, 15) is 4.79 Å². The molecule has 0 aliphatic rings. The number of aliphatic hydroxyl groups is 1. The van der Waals surface area contributed by atoms with Crippen molar-refractivity contribution >= 4 is 40.1 Å². The van der Waals surface area contributed by atoms with Crippen LogP contribution in [-0.4, -0.2) is 27.4 Å². The van der Waals surface area contributed by atoms with Crippen molar-refractivity contribution in [2.75, 3.05) is 6.61 Å². The first-order valence-corrected chi connectivity index (χ1v) is 6.08. The number of benzene rings is 1. The molecule has 0 fully saturated rings. The van der Waals surface area contributed by atoms with Crippen molar-refractivity contribution in [3.05, 3.63) is 33.9 Å². The van der Waals surface area contributed by atoms with Crippen molar-refractivity contribution < 1.29 is 15.0 Å². The Morgan fingerprint density at radius 1 is 1.33 bits per heavy atom. The Kier molecular flexibility index (Phi) is 3.80. The van der Waals surface area contributed by atoms with Gasteiger partial charge in [-0.3, -0.25) is 4.79 Å². The van der Waals surface area contributed by atoms with Gasteiger partial charge in [0.1, 0.15) is 0 Å². The molecule has 0 saturated heterocycles. The maximum absolute atomic E-state index is 10.8. The molecule has 0 spiro atoms. The minimum atomic E-state index is -0.913. The van der Waals surface area contributed by atoms with Gasteiger partial charge in [-0.05, 0) is 11.6 Å². The lowest BCUT2D eigenvalue weighted by atomic mass is 10.1. The standard InChI is InChI=1S/C12H11Cl2NO3/c13-9-2-1-8-7(5-10(17)18)6-15(3-4-16)12(8)11(9)14/h1-2,6,16H,3-5H2,(H,17,18). The Morgan fingerprint density at radius 2 is 2.06 bits per heavy atom. The summed E-state index contributed by atoms with van der Waals surface area (Å²) in [4.78, 5) is 10.8. The van der Waals surface area contributed by atoms with E-state index in [1.54, 1.807) is 22.9 Å². The number of aromatic nitrogens is 1. The van der Waals surface area contributed by atoms with Gasteiger partial charge in [0.2, 0.25) is 0 Å². The molecule has 0 saturated carbocycles. The lowest BCUT2D eigenvalue weighted by molar-refractivity contribution is -0.136. The molecule has 1 heterocycles. The van der Waals surface area contributed by atoms with Crippen molar-refractivity contribution in [1.82, 2.24) is 4.57 Å². The van der Waals surface area contributed by atoms with Crippen LogP contribution in [0.25, 0.3) is 10.9 Å². The third-order valence-corrected chi connectivity index (χ3v) is 3.49. The van der Waals surface area contributed by atoms with Crippen LogP contribution in [-0.2, 0) is 17.8 Å². The number of hydrogen-bond acceptors (Lipinski definition) is 2. The van der Waals surface area contributed by atoms with E-state index in [2.05, 4.69) is 0 Å². The first-order chi connectivity index (χ1) is 8.54. The average molecular weight is 288 g/mol. The minimum Gasteiger partial charge on any atom is -0.481 e. The van der Waals surface area contributed by atoms with Crippen LogP contribution < -0.4 is 0 Å². The van der Waals surface area contributed by atoms with Gasteiger partial charge in [0.15, 0.2) is 0 Å². The number of aliphatic carboxylic acids is 1. The first-order valence-electron chi connectivity index (χ1n) is 5.33. The van der Waals surface area contributed by atoms with E-state index in [4.69, 9.17) is 33.4 Å². The number of fused-ring (bicyclic) bond motifs is 1. The molecule has 6 heteroatoms. The normalized spacial score (nSPS) is 11.1. The van der Waals surface area contributed by atoms with Gasteiger partial charge in [-0.1, -0.05) is 29.3 Å². The molecule has 0 bridgehead atoms. The highest BCUT2D eigenvalue weighted by Crippen LogP contribution is 2.33. The van der Waals surface area contributed by atoms with Gasteiger partial charge in [0.25, 0.3) is 0 Å². The average Bonchev–Trinajstić information content (AvgIpc) is 2.62. The molecule has 0 atom stereocenters. The van der Waals surface area contributed by atoms with Crippen molar-refractivity contribution in [3.8, 4) is 0 Å². The second-order valence-electron chi connectivity index (χ2n) is 3.90. The predicted octanol–water partition coefficient (Wildman–Crippen LogP) is 2.57. The summed E-state index contributed by atoms with van der Waals surface area (Å²) in [7, 11) is 0. The number of aliphatic hydroxyl groups excluding tert-OH is 1. The number of rotatable bonds is 4. The highest BCUT2D eigenvalue weighted by Gasteiger charge is 2.15. The Hall–Kier alpha value is -1.23. The van der Waals surface area contributed by atoms with Crippen LogP contribution in [0.4, 0.5) is 0 Å². The third-order valence-electron chi connectivity index (χ3n) is 2.70. The summed E-state index contributed by atoms with van der Waals surface area (Å²) in [5, 5.41) is 19.4. The van der Waals surface area contributed by atoms with Crippen LogP contribution in [0.1, 0.15) is 5.56 Å². The molecule has 2 rings (SSSR count). The summed E-state index contributed by atoms with van der Waals surface area (Å²) in [6.07, 6.45) is 1.60. The highest BCUT2D eigenvalue weighted by molar-refractivity contribution is 6.45. The SMILES string of the molecule is O=C(O)Cc1cn(CCO)c2c(Cl)c(Cl)ccc12. The summed E-state index contributed by atoms with van der Waals surface area (Å²) < 4.78 is 1.72. The molecule has 0 unspecified atom stereocenters. The molecule has 4 nitrogen and oxygen atoms in total. The summed E-state index contributed by atoms with van der Waals surface area (Å²) in [6, 6.07) is 3.39. The molecule has 0 radical (unpaired) electrons.